The molecule has 1 aliphatic heterocycles. The molecule has 1 aromatic heterocycles. The monoisotopic (exact) mass is 470 g/mol. The van der Waals surface area contributed by atoms with E-state index in [4.69, 9.17) is 0 Å². The molecule has 0 saturated carbocycles. The Balaban J connectivity index is 1.38. The van der Waals surface area contributed by atoms with Gasteiger partial charge in [0.15, 0.2) is 0 Å². The van der Waals surface area contributed by atoms with Crippen LogP contribution in [0.5, 0.6) is 0 Å². The SMILES string of the molecule is O=C(NCc1ccccn1)C(=O)[C@@H](Cc1ccccc1)NC(=O)C1CCN(Cc2ccccc2)C1. The van der Waals surface area contributed by atoms with Crippen LogP contribution in [0.3, 0.4) is 0 Å². The Bertz CT molecular complexity index is 1120. The molecular weight excluding hydrogens is 440 g/mol. The second-order valence-corrected chi connectivity index (χ2v) is 8.83. The van der Waals surface area contributed by atoms with Crippen molar-refractivity contribution in [3.8, 4) is 0 Å². The highest BCUT2D eigenvalue weighted by molar-refractivity contribution is 6.38. The number of hydrogen-bond acceptors (Lipinski definition) is 5. The van der Waals surface area contributed by atoms with Crippen LogP contribution in [-0.4, -0.2) is 46.6 Å². The summed E-state index contributed by atoms with van der Waals surface area (Å²) < 4.78 is 0. The Morgan fingerprint density at radius 2 is 1.60 bits per heavy atom. The third-order valence-electron chi connectivity index (χ3n) is 6.19. The molecule has 0 bridgehead atoms. The maximum absolute atomic E-state index is 13.1. The lowest BCUT2D eigenvalue weighted by atomic mass is 10.00. The van der Waals surface area contributed by atoms with Crippen molar-refractivity contribution in [2.24, 2.45) is 5.92 Å². The Morgan fingerprint density at radius 1 is 0.914 bits per heavy atom. The number of carbonyl (C=O) groups is 3. The summed E-state index contributed by atoms with van der Waals surface area (Å²) in [5.41, 5.74) is 2.73. The van der Waals surface area contributed by atoms with Crippen LogP contribution in [0.1, 0.15) is 23.2 Å². The number of rotatable bonds is 10. The second kappa shape index (κ2) is 12.0. The summed E-state index contributed by atoms with van der Waals surface area (Å²) in [6.45, 7) is 2.37. The highest BCUT2D eigenvalue weighted by Crippen LogP contribution is 2.19. The van der Waals surface area contributed by atoms with Gasteiger partial charge in [0.2, 0.25) is 11.7 Å². The number of carbonyl (C=O) groups excluding carboxylic acids is 3. The van der Waals surface area contributed by atoms with E-state index in [2.05, 4.69) is 32.7 Å². The van der Waals surface area contributed by atoms with E-state index in [1.807, 2.05) is 54.6 Å². The average molecular weight is 471 g/mol. The molecule has 2 atom stereocenters. The van der Waals surface area contributed by atoms with Gasteiger partial charge in [0.05, 0.1) is 18.2 Å². The minimum Gasteiger partial charge on any atom is -0.345 e. The molecule has 3 aromatic rings. The van der Waals surface area contributed by atoms with Gasteiger partial charge in [-0.25, -0.2) is 0 Å². The normalized spacial score (nSPS) is 16.4. The maximum atomic E-state index is 13.1. The van der Waals surface area contributed by atoms with E-state index in [0.717, 1.165) is 25.1 Å². The summed E-state index contributed by atoms with van der Waals surface area (Å²) in [7, 11) is 0. The van der Waals surface area contributed by atoms with Crippen LogP contribution in [-0.2, 0) is 33.9 Å². The lowest BCUT2D eigenvalue weighted by molar-refractivity contribution is -0.140. The first-order valence-electron chi connectivity index (χ1n) is 11.9. The molecule has 4 rings (SSSR count). The molecule has 2 N–H and O–H groups in total. The molecule has 2 heterocycles. The van der Waals surface area contributed by atoms with Crippen molar-refractivity contribution < 1.29 is 14.4 Å². The first-order chi connectivity index (χ1) is 17.1. The van der Waals surface area contributed by atoms with Crippen LogP contribution in [0, 0.1) is 5.92 Å². The van der Waals surface area contributed by atoms with Gasteiger partial charge in [0, 0.05) is 25.7 Å². The smallest absolute Gasteiger partial charge is 0.289 e. The van der Waals surface area contributed by atoms with Crippen molar-refractivity contribution in [1.82, 2.24) is 20.5 Å². The zero-order chi connectivity index (χ0) is 24.5. The van der Waals surface area contributed by atoms with Crippen molar-refractivity contribution in [3.05, 3.63) is 102 Å². The van der Waals surface area contributed by atoms with E-state index in [1.165, 1.54) is 5.56 Å². The first-order valence-corrected chi connectivity index (χ1v) is 11.9. The fraction of sp³-hybridized carbons (Fsp3) is 0.286. The standard InChI is InChI=1S/C28H30N4O3/c33-26(28(35)30-18-24-13-7-8-15-29-24)25(17-21-9-3-1-4-10-21)31-27(34)23-14-16-32(20-23)19-22-11-5-2-6-12-22/h1-13,15,23,25H,14,16-20H2,(H,30,35)(H,31,34)/t23?,25-/m1/s1. The predicted octanol–water partition coefficient (Wildman–Crippen LogP) is 2.52. The number of ketones is 1. The van der Waals surface area contributed by atoms with E-state index >= 15 is 0 Å². The minimum absolute atomic E-state index is 0.147. The fourth-order valence-corrected chi connectivity index (χ4v) is 4.30. The van der Waals surface area contributed by atoms with Gasteiger partial charge in [-0.05, 0) is 36.2 Å². The molecule has 35 heavy (non-hydrogen) atoms. The van der Waals surface area contributed by atoms with Gasteiger partial charge in [0.25, 0.3) is 5.91 Å². The van der Waals surface area contributed by atoms with E-state index in [-0.39, 0.29) is 24.8 Å². The summed E-state index contributed by atoms with van der Waals surface area (Å²) in [5, 5.41) is 5.51. The number of hydrogen-bond donors (Lipinski definition) is 2. The Kier molecular flexibility index (Phi) is 8.35. The van der Waals surface area contributed by atoms with E-state index in [0.29, 0.717) is 12.2 Å². The first kappa shape index (κ1) is 24.3. The molecule has 2 aromatic carbocycles. The molecule has 0 spiro atoms. The number of aromatic nitrogens is 1. The van der Waals surface area contributed by atoms with Gasteiger partial charge in [-0.2, -0.15) is 0 Å². The van der Waals surface area contributed by atoms with Gasteiger partial charge in [-0.1, -0.05) is 66.7 Å². The van der Waals surface area contributed by atoms with Crippen LogP contribution in [0.2, 0.25) is 0 Å². The number of pyridine rings is 1. The Morgan fingerprint density at radius 3 is 2.29 bits per heavy atom. The number of amides is 2. The fourth-order valence-electron chi connectivity index (χ4n) is 4.30. The molecule has 1 unspecified atom stereocenters. The average Bonchev–Trinajstić information content (AvgIpc) is 3.37. The summed E-state index contributed by atoms with van der Waals surface area (Å²) >= 11 is 0. The van der Waals surface area contributed by atoms with Gasteiger partial charge in [0.1, 0.15) is 6.04 Å². The molecule has 0 radical (unpaired) electrons. The van der Waals surface area contributed by atoms with Gasteiger partial charge in [-0.3, -0.25) is 24.3 Å². The molecule has 7 heteroatoms. The lowest BCUT2D eigenvalue weighted by Gasteiger charge is -2.20. The van der Waals surface area contributed by atoms with Crippen molar-refractivity contribution in [3.63, 3.8) is 0 Å². The van der Waals surface area contributed by atoms with Gasteiger partial charge in [-0.15, -0.1) is 0 Å². The van der Waals surface area contributed by atoms with Crippen LogP contribution in [0.15, 0.2) is 85.1 Å². The van der Waals surface area contributed by atoms with Crippen molar-refractivity contribution in [2.75, 3.05) is 13.1 Å². The highest BCUT2D eigenvalue weighted by Gasteiger charge is 2.33. The van der Waals surface area contributed by atoms with Crippen LogP contribution in [0.4, 0.5) is 0 Å². The van der Waals surface area contributed by atoms with Crippen LogP contribution < -0.4 is 10.6 Å². The highest BCUT2D eigenvalue weighted by atomic mass is 16.2. The van der Waals surface area contributed by atoms with E-state index < -0.39 is 17.7 Å². The number of nitrogens with zero attached hydrogens (tertiary/aromatic N) is 2. The van der Waals surface area contributed by atoms with Gasteiger partial charge < -0.3 is 10.6 Å². The number of benzene rings is 2. The van der Waals surface area contributed by atoms with Gasteiger partial charge >= 0.3 is 0 Å². The van der Waals surface area contributed by atoms with Crippen LogP contribution >= 0.6 is 0 Å². The molecule has 7 nitrogen and oxygen atoms in total. The summed E-state index contributed by atoms with van der Waals surface area (Å²) in [5.74, 6) is -1.79. The lowest BCUT2D eigenvalue weighted by Crippen LogP contribution is -2.50. The molecule has 1 fully saturated rings. The maximum Gasteiger partial charge on any atom is 0.289 e. The van der Waals surface area contributed by atoms with E-state index in [1.54, 1.807) is 18.3 Å². The van der Waals surface area contributed by atoms with Crippen molar-refractivity contribution in [1.29, 1.82) is 0 Å². The predicted molar refractivity (Wildman–Crippen MR) is 133 cm³/mol. The third kappa shape index (κ3) is 7.07. The number of nitrogens with one attached hydrogen (secondary N) is 2. The summed E-state index contributed by atoms with van der Waals surface area (Å²) in [4.78, 5) is 45.2. The molecule has 0 aliphatic carbocycles. The zero-order valence-corrected chi connectivity index (χ0v) is 19.6. The van der Waals surface area contributed by atoms with Crippen molar-refractivity contribution in [2.45, 2.75) is 32.0 Å². The molecular formula is C28H30N4O3. The Labute approximate surface area is 205 Å². The number of Topliss-reactive ketones (excluding diaryl/α,β-unsaturated/α-hetero) is 1. The third-order valence-corrected chi connectivity index (χ3v) is 6.19. The quantitative estimate of drug-likeness (QED) is 0.445. The number of likely N-dealkylation sites (tertiary alicyclic amines) is 1. The zero-order valence-electron chi connectivity index (χ0n) is 19.6. The largest absolute Gasteiger partial charge is 0.345 e. The summed E-state index contributed by atoms with van der Waals surface area (Å²) in [6, 6.07) is 24.0. The molecule has 180 valence electrons. The minimum atomic E-state index is -0.934. The second-order valence-electron chi connectivity index (χ2n) is 8.83. The molecule has 1 aliphatic rings. The van der Waals surface area contributed by atoms with E-state index in [9.17, 15) is 14.4 Å². The van der Waals surface area contributed by atoms with Crippen molar-refractivity contribution >= 4 is 17.6 Å². The topological polar surface area (TPSA) is 91.4 Å². The van der Waals surface area contributed by atoms with Crippen LogP contribution in [0.25, 0.3) is 0 Å². The Hall–Kier alpha value is -3.84. The molecule has 2 amide bonds. The molecule has 1 saturated heterocycles. The summed E-state index contributed by atoms with van der Waals surface area (Å²) in [6.07, 6.45) is 2.60.